The summed E-state index contributed by atoms with van der Waals surface area (Å²) in [5, 5.41) is 6.80. The number of amides is 2. The molecule has 0 fully saturated rings. The van der Waals surface area contributed by atoms with Gasteiger partial charge >= 0.3 is 0 Å². The first-order chi connectivity index (χ1) is 17.1. The fourth-order valence-electron chi connectivity index (χ4n) is 3.80. The fourth-order valence-corrected chi connectivity index (χ4v) is 3.80. The van der Waals surface area contributed by atoms with Gasteiger partial charge in [0.25, 0.3) is 11.8 Å². The van der Waals surface area contributed by atoms with Gasteiger partial charge in [-0.25, -0.2) is 0 Å². The lowest BCUT2D eigenvalue weighted by Crippen LogP contribution is -2.35. The van der Waals surface area contributed by atoms with Crippen molar-refractivity contribution in [3.8, 4) is 11.5 Å². The first-order valence-electron chi connectivity index (χ1n) is 11.2. The number of nitrogens with one attached hydrogen (secondary N) is 3. The Morgan fingerprint density at radius 3 is 2.43 bits per heavy atom. The number of methoxy groups -OCH3 is 2. The molecule has 0 aliphatic carbocycles. The standard InChI is InChI=1S/C28H27N3O4/c1-34-25-13-12-19(17-26(25)35-2)16-24(31-27(32)20-8-4-3-5-9-20)28(33)29-15-14-21-18-30-23-11-7-6-10-22(21)23/h3-13,16-18,30H,14-15H2,1-2H3,(H,29,33)(H,31,32)/b24-16-. The molecule has 0 unspecified atom stereocenters. The van der Waals surface area contributed by atoms with Crippen LogP contribution in [0.5, 0.6) is 11.5 Å². The van der Waals surface area contributed by atoms with Crippen LogP contribution in [0.4, 0.5) is 0 Å². The molecule has 7 nitrogen and oxygen atoms in total. The van der Waals surface area contributed by atoms with Gasteiger partial charge in [0.05, 0.1) is 14.2 Å². The van der Waals surface area contributed by atoms with Gasteiger partial charge in [0, 0.05) is 29.2 Å². The van der Waals surface area contributed by atoms with Crippen LogP contribution in [0.2, 0.25) is 0 Å². The van der Waals surface area contributed by atoms with E-state index in [4.69, 9.17) is 9.47 Å². The average Bonchev–Trinajstić information content (AvgIpc) is 3.31. The van der Waals surface area contributed by atoms with Crippen LogP contribution in [0.15, 0.2) is 84.7 Å². The lowest BCUT2D eigenvalue weighted by Gasteiger charge is -2.12. The number of carbonyl (C=O) groups excluding carboxylic acids is 2. The van der Waals surface area contributed by atoms with Crippen molar-refractivity contribution >= 4 is 28.8 Å². The van der Waals surface area contributed by atoms with Gasteiger partial charge in [-0.3, -0.25) is 9.59 Å². The topological polar surface area (TPSA) is 92.5 Å². The molecule has 178 valence electrons. The zero-order valence-corrected chi connectivity index (χ0v) is 19.6. The number of carbonyl (C=O) groups is 2. The molecule has 0 saturated carbocycles. The first-order valence-corrected chi connectivity index (χ1v) is 11.2. The van der Waals surface area contributed by atoms with Crippen LogP contribution in [0.1, 0.15) is 21.5 Å². The minimum atomic E-state index is -0.385. The molecule has 0 saturated heterocycles. The lowest BCUT2D eigenvalue weighted by molar-refractivity contribution is -0.117. The summed E-state index contributed by atoms with van der Waals surface area (Å²) in [4.78, 5) is 29.2. The Bertz CT molecular complexity index is 1360. The van der Waals surface area contributed by atoms with Crippen molar-refractivity contribution in [1.29, 1.82) is 0 Å². The summed E-state index contributed by atoms with van der Waals surface area (Å²) in [5.41, 5.74) is 3.43. The van der Waals surface area contributed by atoms with Gasteiger partial charge in [-0.15, -0.1) is 0 Å². The van der Waals surface area contributed by atoms with Gasteiger partial charge in [0.2, 0.25) is 0 Å². The highest BCUT2D eigenvalue weighted by Crippen LogP contribution is 2.28. The van der Waals surface area contributed by atoms with Crippen LogP contribution >= 0.6 is 0 Å². The number of aromatic amines is 1. The number of H-pyrrole nitrogens is 1. The summed E-state index contributed by atoms with van der Waals surface area (Å²) < 4.78 is 10.7. The van der Waals surface area contributed by atoms with E-state index in [9.17, 15) is 9.59 Å². The smallest absolute Gasteiger partial charge is 0.267 e. The molecule has 2 amide bonds. The minimum Gasteiger partial charge on any atom is -0.493 e. The summed E-state index contributed by atoms with van der Waals surface area (Å²) in [7, 11) is 3.10. The van der Waals surface area contributed by atoms with Crippen LogP contribution < -0.4 is 20.1 Å². The van der Waals surface area contributed by atoms with Crippen molar-refractivity contribution < 1.29 is 19.1 Å². The molecule has 4 rings (SSSR count). The van der Waals surface area contributed by atoms with E-state index in [1.807, 2.05) is 36.5 Å². The van der Waals surface area contributed by atoms with Gasteiger partial charge in [-0.1, -0.05) is 42.5 Å². The number of ether oxygens (including phenoxy) is 2. The van der Waals surface area contributed by atoms with Crippen molar-refractivity contribution in [3.63, 3.8) is 0 Å². The van der Waals surface area contributed by atoms with Crippen molar-refractivity contribution in [3.05, 3.63) is 101 Å². The van der Waals surface area contributed by atoms with E-state index in [0.717, 1.165) is 16.5 Å². The number of benzene rings is 3. The third kappa shape index (κ3) is 5.70. The maximum absolute atomic E-state index is 13.1. The highest BCUT2D eigenvalue weighted by Gasteiger charge is 2.15. The Hall–Kier alpha value is -4.52. The summed E-state index contributed by atoms with van der Waals surface area (Å²) in [6.07, 6.45) is 4.21. The van der Waals surface area contributed by atoms with E-state index >= 15 is 0 Å². The number of hydrogen-bond acceptors (Lipinski definition) is 4. The molecule has 0 spiro atoms. The number of para-hydroxylation sites is 1. The molecule has 3 aromatic carbocycles. The predicted octanol–water partition coefficient (Wildman–Crippen LogP) is 4.31. The third-order valence-corrected chi connectivity index (χ3v) is 5.60. The Morgan fingerprint density at radius 1 is 0.914 bits per heavy atom. The summed E-state index contributed by atoms with van der Waals surface area (Å²) in [6, 6.07) is 22.1. The Kier molecular flexibility index (Phi) is 7.47. The Balaban J connectivity index is 1.53. The number of fused-ring (bicyclic) bond motifs is 1. The molecular formula is C28H27N3O4. The van der Waals surface area contributed by atoms with Crippen LogP contribution in [0.3, 0.4) is 0 Å². The van der Waals surface area contributed by atoms with Crippen molar-refractivity contribution in [1.82, 2.24) is 15.6 Å². The van der Waals surface area contributed by atoms with E-state index < -0.39 is 0 Å². The highest BCUT2D eigenvalue weighted by molar-refractivity contribution is 6.05. The second-order valence-electron chi connectivity index (χ2n) is 7.86. The molecule has 0 aliphatic heterocycles. The van der Waals surface area contributed by atoms with Crippen LogP contribution in [0, 0.1) is 0 Å². The maximum Gasteiger partial charge on any atom is 0.267 e. The van der Waals surface area contributed by atoms with E-state index in [1.165, 1.54) is 0 Å². The summed E-state index contributed by atoms with van der Waals surface area (Å²) in [6.45, 7) is 0.408. The molecule has 0 radical (unpaired) electrons. The summed E-state index contributed by atoms with van der Waals surface area (Å²) in [5.74, 6) is 0.338. The second kappa shape index (κ2) is 11.1. The van der Waals surface area contributed by atoms with E-state index in [2.05, 4.69) is 15.6 Å². The fraction of sp³-hybridized carbons (Fsp3) is 0.143. The zero-order chi connectivity index (χ0) is 24.6. The molecule has 7 heteroatoms. The maximum atomic E-state index is 13.1. The monoisotopic (exact) mass is 469 g/mol. The molecule has 1 heterocycles. The molecule has 1 aromatic heterocycles. The lowest BCUT2D eigenvalue weighted by atomic mass is 10.1. The van der Waals surface area contributed by atoms with E-state index in [0.29, 0.717) is 35.6 Å². The number of hydrogen-bond donors (Lipinski definition) is 3. The normalized spacial score (nSPS) is 11.2. The van der Waals surface area contributed by atoms with Crippen molar-refractivity contribution in [2.45, 2.75) is 6.42 Å². The van der Waals surface area contributed by atoms with Gasteiger partial charge < -0.3 is 25.1 Å². The molecule has 35 heavy (non-hydrogen) atoms. The molecule has 0 aliphatic rings. The van der Waals surface area contributed by atoms with Gasteiger partial charge in [0.15, 0.2) is 11.5 Å². The Labute approximate surface area is 203 Å². The molecule has 0 atom stereocenters. The van der Waals surface area contributed by atoms with Gasteiger partial charge in [0.1, 0.15) is 5.70 Å². The van der Waals surface area contributed by atoms with Gasteiger partial charge in [-0.05, 0) is 54.0 Å². The van der Waals surface area contributed by atoms with Gasteiger partial charge in [-0.2, -0.15) is 0 Å². The SMILES string of the molecule is COc1ccc(/C=C(\NC(=O)c2ccccc2)C(=O)NCCc2c[nH]c3ccccc23)cc1OC. The average molecular weight is 470 g/mol. The quantitative estimate of drug-likeness (QED) is 0.319. The largest absolute Gasteiger partial charge is 0.493 e. The highest BCUT2D eigenvalue weighted by atomic mass is 16.5. The van der Waals surface area contributed by atoms with Crippen LogP contribution in [0.25, 0.3) is 17.0 Å². The molecule has 3 N–H and O–H groups in total. The zero-order valence-electron chi connectivity index (χ0n) is 19.6. The van der Waals surface area contributed by atoms with Crippen LogP contribution in [-0.4, -0.2) is 37.6 Å². The third-order valence-electron chi connectivity index (χ3n) is 5.60. The van der Waals surface area contributed by atoms with E-state index in [-0.39, 0.29) is 17.5 Å². The molecule has 4 aromatic rings. The van der Waals surface area contributed by atoms with E-state index in [1.54, 1.807) is 62.8 Å². The second-order valence-corrected chi connectivity index (χ2v) is 7.86. The molecular weight excluding hydrogens is 442 g/mol. The predicted molar refractivity (Wildman–Crippen MR) is 136 cm³/mol. The number of rotatable bonds is 9. The Morgan fingerprint density at radius 2 is 1.66 bits per heavy atom. The van der Waals surface area contributed by atoms with Crippen molar-refractivity contribution in [2.75, 3.05) is 20.8 Å². The molecule has 0 bridgehead atoms. The van der Waals surface area contributed by atoms with Crippen LogP contribution in [-0.2, 0) is 11.2 Å². The minimum absolute atomic E-state index is 0.130. The first kappa shape index (κ1) is 23.6. The number of aromatic nitrogens is 1. The van der Waals surface area contributed by atoms with Crippen molar-refractivity contribution in [2.24, 2.45) is 0 Å². The summed E-state index contributed by atoms with van der Waals surface area (Å²) >= 11 is 0.